The summed E-state index contributed by atoms with van der Waals surface area (Å²) in [5.74, 6) is 0. The Hall–Kier alpha value is -3.32. The second-order valence-corrected chi connectivity index (χ2v) is 9.09. The molecule has 0 saturated heterocycles. The van der Waals surface area contributed by atoms with E-state index in [9.17, 15) is 27.0 Å². The Kier molecular flexibility index (Phi) is 8.14. The molecule has 4 heterocycles. The van der Waals surface area contributed by atoms with Gasteiger partial charge in [0.25, 0.3) is 5.56 Å². The van der Waals surface area contributed by atoms with Crippen LogP contribution in [-0.4, -0.2) is 39.4 Å². The lowest BCUT2D eigenvalue weighted by molar-refractivity contribution is -0.137. The number of pyridine rings is 2. The molecule has 0 bridgehead atoms. The first kappa shape index (κ1) is 27.3. The van der Waals surface area contributed by atoms with Gasteiger partial charge in [0, 0.05) is 18.0 Å². The molecule has 0 saturated carbocycles. The number of aliphatic hydroxyl groups is 1. The first-order chi connectivity index (χ1) is 16.9. The van der Waals surface area contributed by atoms with Gasteiger partial charge in [0.2, 0.25) is 0 Å². The van der Waals surface area contributed by atoms with E-state index in [0.717, 1.165) is 16.2 Å². The van der Waals surface area contributed by atoms with E-state index < -0.39 is 22.9 Å². The summed E-state index contributed by atoms with van der Waals surface area (Å²) < 4.78 is 53.8. The number of hydrogen-bond donors (Lipinski definition) is 1. The van der Waals surface area contributed by atoms with Gasteiger partial charge >= 0.3 is 6.18 Å². The van der Waals surface area contributed by atoms with Gasteiger partial charge in [-0.3, -0.25) is 14.3 Å². The molecular formula is C23H24F4N6O2S. The molecule has 8 nitrogen and oxygen atoms in total. The molecule has 0 fully saturated rings. The third kappa shape index (κ3) is 6.26. The van der Waals surface area contributed by atoms with Gasteiger partial charge in [-0.25, -0.2) is 9.97 Å². The van der Waals surface area contributed by atoms with Gasteiger partial charge in [-0.2, -0.15) is 22.4 Å². The summed E-state index contributed by atoms with van der Waals surface area (Å²) in [6, 6.07) is 3.38. The molecule has 1 N–H and O–H groups in total. The Morgan fingerprint density at radius 3 is 2.31 bits per heavy atom. The third-order valence-electron chi connectivity index (χ3n) is 4.63. The molecule has 0 amide bonds. The normalized spacial score (nSPS) is 11.9. The minimum Gasteiger partial charge on any atom is -0.389 e. The van der Waals surface area contributed by atoms with Crippen molar-refractivity contribution < 1.29 is 22.2 Å². The highest BCUT2D eigenvalue weighted by atomic mass is 32.2. The van der Waals surface area contributed by atoms with E-state index in [2.05, 4.69) is 33.9 Å². The maximum atomic E-state index is 13.2. The maximum absolute atomic E-state index is 13.2. The predicted octanol–water partition coefficient (Wildman–Crippen LogP) is 5.30. The van der Waals surface area contributed by atoms with Crippen molar-refractivity contribution in [1.82, 2.24) is 28.7 Å². The van der Waals surface area contributed by atoms with Crippen LogP contribution in [-0.2, 0) is 12.7 Å². The number of hydrogen-bond acceptors (Lipinski definition) is 7. The highest BCUT2D eigenvalue weighted by Crippen LogP contribution is 2.31. The van der Waals surface area contributed by atoms with E-state index in [0.29, 0.717) is 11.8 Å². The van der Waals surface area contributed by atoms with Crippen LogP contribution in [0, 0.1) is 0 Å². The van der Waals surface area contributed by atoms with Crippen LogP contribution in [0.15, 0.2) is 47.9 Å². The van der Waals surface area contributed by atoms with Gasteiger partial charge in [-0.1, -0.05) is 20.3 Å². The van der Waals surface area contributed by atoms with Crippen LogP contribution in [0.1, 0.15) is 39.7 Å². The minimum absolute atomic E-state index is 0.0449. The van der Waals surface area contributed by atoms with Crippen molar-refractivity contribution in [3.63, 3.8) is 0 Å². The standard InChI is InChI=1S/C20H16F4N6O2S.C3H8/c1-19(2,32)9-29-10-26-17-13(18(29)31)5-15(14-4-3-12(7-25-14)20(21,22)23)28-16(17)11-6-27-30(8-11)33-24;1-3-2/h3-8,10,32H,9H2,1-2H3;3H2,1-2H3. The van der Waals surface area contributed by atoms with Crippen LogP contribution in [0.4, 0.5) is 17.1 Å². The second-order valence-electron chi connectivity index (χ2n) is 8.58. The average Bonchev–Trinajstić information content (AvgIpc) is 3.29. The first-order valence-electron chi connectivity index (χ1n) is 10.9. The molecule has 0 aliphatic carbocycles. The van der Waals surface area contributed by atoms with Crippen LogP contribution in [0.5, 0.6) is 0 Å². The van der Waals surface area contributed by atoms with Crippen molar-refractivity contribution in [3.8, 4) is 22.6 Å². The average molecular weight is 525 g/mol. The number of fused-ring (bicyclic) bond motifs is 1. The lowest BCUT2D eigenvalue weighted by Gasteiger charge is -2.18. The van der Waals surface area contributed by atoms with Crippen molar-refractivity contribution in [1.29, 1.82) is 0 Å². The summed E-state index contributed by atoms with van der Waals surface area (Å²) in [5.41, 5.74) is -1.71. The molecule has 13 heteroatoms. The van der Waals surface area contributed by atoms with Gasteiger partial charge < -0.3 is 5.11 Å². The van der Waals surface area contributed by atoms with E-state index in [-0.39, 0.29) is 46.9 Å². The summed E-state index contributed by atoms with van der Waals surface area (Å²) in [6.45, 7) is 7.26. The number of aromatic nitrogens is 6. The van der Waals surface area contributed by atoms with Crippen molar-refractivity contribution in [2.45, 2.75) is 52.4 Å². The van der Waals surface area contributed by atoms with Crippen LogP contribution in [0.3, 0.4) is 0 Å². The highest BCUT2D eigenvalue weighted by Gasteiger charge is 2.31. The first-order valence-corrected chi connectivity index (χ1v) is 11.6. The summed E-state index contributed by atoms with van der Waals surface area (Å²) in [5, 5.41) is 14.0. The molecule has 4 aromatic rings. The maximum Gasteiger partial charge on any atom is 0.417 e. The Bertz CT molecular complexity index is 1400. The number of nitrogens with zero attached hydrogens (tertiary/aromatic N) is 6. The summed E-state index contributed by atoms with van der Waals surface area (Å²) in [6.07, 6.45) is 1.29. The van der Waals surface area contributed by atoms with Gasteiger partial charge in [-0.15, -0.1) is 3.89 Å². The molecule has 0 spiro atoms. The SMILES string of the molecule is CC(C)(O)Cn1cnc2c(-c3cnn(SF)c3)nc(-c3ccc(C(F)(F)F)cn3)cc2c1=O.CCC. The second kappa shape index (κ2) is 10.7. The molecule has 0 aromatic carbocycles. The topological polar surface area (TPSA) is 98.7 Å². The van der Waals surface area contributed by atoms with Crippen molar-refractivity contribution in [2.75, 3.05) is 0 Å². The van der Waals surface area contributed by atoms with E-state index in [1.165, 1.54) is 49.6 Å². The fraction of sp³-hybridized carbons (Fsp3) is 0.348. The van der Waals surface area contributed by atoms with Crippen molar-refractivity contribution >= 4 is 23.2 Å². The summed E-state index contributed by atoms with van der Waals surface area (Å²) in [4.78, 5) is 25.7. The van der Waals surface area contributed by atoms with E-state index in [1.807, 2.05) is 0 Å². The Morgan fingerprint density at radius 2 is 1.78 bits per heavy atom. The molecule has 0 aliphatic heterocycles. The lowest BCUT2D eigenvalue weighted by atomic mass is 10.1. The molecule has 36 heavy (non-hydrogen) atoms. The van der Waals surface area contributed by atoms with Crippen LogP contribution >= 0.6 is 12.3 Å². The van der Waals surface area contributed by atoms with Crippen LogP contribution in [0.25, 0.3) is 33.5 Å². The smallest absolute Gasteiger partial charge is 0.389 e. The molecule has 0 atom stereocenters. The summed E-state index contributed by atoms with van der Waals surface area (Å²) in [7, 11) is 0. The Morgan fingerprint density at radius 1 is 1.08 bits per heavy atom. The Balaban J connectivity index is 0.00000115. The molecule has 192 valence electrons. The minimum atomic E-state index is -4.55. The number of halogens is 4. The predicted molar refractivity (Wildman–Crippen MR) is 130 cm³/mol. The van der Waals surface area contributed by atoms with Gasteiger partial charge in [-0.05, 0) is 32.0 Å². The lowest BCUT2D eigenvalue weighted by Crippen LogP contribution is -2.33. The largest absolute Gasteiger partial charge is 0.417 e. The zero-order chi connectivity index (χ0) is 26.7. The highest BCUT2D eigenvalue weighted by molar-refractivity contribution is 7.92. The van der Waals surface area contributed by atoms with Crippen molar-refractivity contribution in [3.05, 3.63) is 59.0 Å². The van der Waals surface area contributed by atoms with Crippen LogP contribution < -0.4 is 5.56 Å². The molecule has 0 unspecified atom stereocenters. The van der Waals surface area contributed by atoms with Gasteiger partial charge in [0.05, 0.1) is 47.0 Å². The molecule has 4 aromatic heterocycles. The monoisotopic (exact) mass is 524 g/mol. The zero-order valence-corrected chi connectivity index (χ0v) is 20.7. The van der Waals surface area contributed by atoms with E-state index in [4.69, 9.17) is 0 Å². The molecule has 0 aliphatic rings. The van der Waals surface area contributed by atoms with Gasteiger partial charge in [0.1, 0.15) is 11.2 Å². The fourth-order valence-electron chi connectivity index (χ4n) is 3.21. The van der Waals surface area contributed by atoms with E-state index in [1.54, 1.807) is 0 Å². The number of rotatable bonds is 5. The third-order valence-corrected chi connectivity index (χ3v) is 4.97. The summed E-state index contributed by atoms with van der Waals surface area (Å²) >= 11 is -0.149. The van der Waals surface area contributed by atoms with Crippen LogP contribution in [0.2, 0.25) is 0 Å². The van der Waals surface area contributed by atoms with Crippen molar-refractivity contribution in [2.24, 2.45) is 0 Å². The molecular weight excluding hydrogens is 500 g/mol. The van der Waals surface area contributed by atoms with E-state index >= 15 is 0 Å². The van der Waals surface area contributed by atoms with Gasteiger partial charge in [0.15, 0.2) is 12.3 Å². The Labute approximate surface area is 208 Å². The zero-order valence-electron chi connectivity index (χ0n) is 19.9. The number of alkyl halides is 3. The fourth-order valence-corrected chi connectivity index (χ4v) is 3.44. The molecule has 4 rings (SSSR count). The molecule has 0 radical (unpaired) electrons. The quantitative estimate of drug-likeness (QED) is 0.354.